The van der Waals surface area contributed by atoms with Gasteiger partial charge in [0.2, 0.25) is 0 Å². The molecule has 0 aliphatic heterocycles. The molecule has 3 radical (unpaired) electrons. The zero-order valence-corrected chi connectivity index (χ0v) is 7.86. The molecule has 0 fully saturated rings. The summed E-state index contributed by atoms with van der Waals surface area (Å²) in [5.74, 6) is 0. The van der Waals surface area contributed by atoms with Gasteiger partial charge in [-0.3, -0.25) is 0 Å². The number of hydrogen-bond acceptors (Lipinski definition) is 4. The standard InChI is InChI=1S/Cr.3Cu.6O/q;3*+2;;;2*-2;2*-1. The molecule has 0 spiro atoms. The minimum absolute atomic E-state index is 0. The average Bonchev–Trinajstić information content (AvgIpc) is 0.722. The van der Waals surface area contributed by atoms with Crippen molar-refractivity contribution < 1.29 is 91.7 Å². The maximum atomic E-state index is 8.59. The molecule has 75 valence electrons. The second-order valence-corrected chi connectivity index (χ2v) is 1.68. The fourth-order valence-electron chi connectivity index (χ4n) is 0. The van der Waals surface area contributed by atoms with Gasteiger partial charge in [0.1, 0.15) is 0 Å². The monoisotopic (exact) mass is 337 g/mol. The molecule has 0 aromatic heterocycles. The Bertz CT molecular complexity index is 96.2. The number of rotatable bonds is 0. The zero-order chi connectivity index (χ0) is 4.50. The summed E-state index contributed by atoms with van der Waals surface area (Å²) in [4.78, 5) is 0. The molecule has 0 heterocycles. The molecule has 0 saturated carbocycles. The van der Waals surface area contributed by atoms with Gasteiger partial charge >= 0.3 is 80.7 Å². The molecular weight excluding hydrogens is 339 g/mol. The molecule has 0 rings (SSSR count). The fourth-order valence-corrected chi connectivity index (χ4v) is 0. The Morgan fingerprint density at radius 3 is 0.800 bits per heavy atom. The summed E-state index contributed by atoms with van der Waals surface area (Å²) >= 11 is -5.75. The molecule has 0 aliphatic carbocycles. The molecule has 0 atom stereocenters. The predicted molar refractivity (Wildman–Crippen MR) is 2.75 cm³/mol. The minimum atomic E-state index is -5.75. The van der Waals surface area contributed by atoms with E-state index in [-0.39, 0.29) is 62.2 Å². The Morgan fingerprint density at radius 2 is 0.800 bits per heavy atom. The third kappa shape index (κ3) is 296. The molecule has 0 aromatic rings. The van der Waals surface area contributed by atoms with E-state index in [1.807, 2.05) is 0 Å². The van der Waals surface area contributed by atoms with E-state index in [2.05, 4.69) is 0 Å². The first-order chi connectivity index (χ1) is 2.00. The van der Waals surface area contributed by atoms with Crippen LogP contribution in [0.25, 0.3) is 0 Å². The van der Waals surface area contributed by atoms with Crippen molar-refractivity contribution in [3.8, 4) is 0 Å². The maximum absolute atomic E-state index is 8.59. The summed E-state index contributed by atoms with van der Waals surface area (Å²) in [5.41, 5.74) is 0. The van der Waals surface area contributed by atoms with E-state index in [1.54, 1.807) is 0 Å². The van der Waals surface area contributed by atoms with Crippen molar-refractivity contribution in [2.45, 2.75) is 0 Å². The van der Waals surface area contributed by atoms with Crippen LogP contribution in [-0.4, -0.2) is 0 Å². The van der Waals surface area contributed by atoms with Crippen LogP contribution in [-0.2, 0) is 83.4 Å². The molecule has 0 unspecified atom stereocenters. The zero-order valence-electron chi connectivity index (χ0n) is 3.76. The normalized spacial score (nSPS) is 5.80. The van der Waals surface area contributed by atoms with Crippen LogP contribution in [0.3, 0.4) is 0 Å². The molecule has 0 aliphatic rings. The van der Waals surface area contributed by atoms with Gasteiger partial charge in [0.05, 0.1) is 0 Å². The van der Waals surface area contributed by atoms with Crippen LogP contribution < -0.4 is 8.32 Å². The Balaban J connectivity index is -0.00000000800. The van der Waals surface area contributed by atoms with Crippen molar-refractivity contribution in [2.75, 3.05) is 0 Å². The number of hydrogen-bond donors (Lipinski definition) is 0. The van der Waals surface area contributed by atoms with E-state index in [9.17, 15) is 0 Å². The van der Waals surface area contributed by atoms with Crippen LogP contribution in [0, 0.1) is 0 Å². The van der Waals surface area contributed by atoms with E-state index in [1.165, 1.54) is 0 Å². The molecule has 0 N–H and O–H groups in total. The molecule has 0 saturated heterocycles. The van der Waals surface area contributed by atoms with Gasteiger partial charge in [0.15, 0.2) is 0 Å². The first kappa shape index (κ1) is 41.8. The van der Waals surface area contributed by atoms with Gasteiger partial charge in [0, 0.05) is 0 Å². The van der Waals surface area contributed by atoms with E-state index in [0.717, 1.165) is 0 Å². The van der Waals surface area contributed by atoms with Crippen molar-refractivity contribution >= 4 is 0 Å². The van der Waals surface area contributed by atoms with Gasteiger partial charge in [0.25, 0.3) is 0 Å². The summed E-state index contributed by atoms with van der Waals surface area (Å²) < 4.78 is 34.4. The van der Waals surface area contributed by atoms with Gasteiger partial charge in [-0.05, 0) is 0 Å². The summed E-state index contributed by atoms with van der Waals surface area (Å²) in [6.45, 7) is 0. The van der Waals surface area contributed by atoms with E-state index < -0.39 is 13.6 Å². The van der Waals surface area contributed by atoms with Gasteiger partial charge < -0.3 is 11.0 Å². The second kappa shape index (κ2) is 16.9. The van der Waals surface area contributed by atoms with Crippen LogP contribution in [0.5, 0.6) is 0 Å². The third-order valence-corrected chi connectivity index (χ3v) is 0. The van der Waals surface area contributed by atoms with Gasteiger partial charge in [-0.25, -0.2) is 0 Å². The van der Waals surface area contributed by atoms with Crippen molar-refractivity contribution in [1.82, 2.24) is 0 Å². The Labute approximate surface area is 91.2 Å². The third-order valence-electron chi connectivity index (χ3n) is 0. The van der Waals surface area contributed by atoms with Crippen LogP contribution in [0.1, 0.15) is 0 Å². The van der Waals surface area contributed by atoms with Gasteiger partial charge in [-0.1, -0.05) is 0 Å². The van der Waals surface area contributed by atoms with E-state index in [0.29, 0.717) is 0 Å². The molecule has 10 heavy (non-hydrogen) atoms. The van der Waals surface area contributed by atoms with Crippen LogP contribution in [0.15, 0.2) is 0 Å². The van der Waals surface area contributed by atoms with E-state index >= 15 is 0 Å². The Hall–Kier alpha value is 1.53. The molecular formula is CrCu3O6. The quantitative estimate of drug-likeness (QED) is 0.438. The van der Waals surface area contributed by atoms with Crippen molar-refractivity contribution in [1.29, 1.82) is 0 Å². The first-order valence-corrected chi connectivity index (χ1v) is 2.75. The van der Waals surface area contributed by atoms with Crippen molar-refractivity contribution in [3.05, 3.63) is 0 Å². The van der Waals surface area contributed by atoms with Crippen LogP contribution >= 0.6 is 0 Å². The second-order valence-electron chi connectivity index (χ2n) is 0.408. The van der Waals surface area contributed by atoms with Gasteiger partial charge in [-0.15, -0.1) is 0 Å². The Morgan fingerprint density at radius 1 is 0.800 bits per heavy atom. The molecule has 6 nitrogen and oxygen atoms in total. The molecule has 10 heteroatoms. The molecule has 0 amide bonds. The first-order valence-electron chi connectivity index (χ1n) is 0.667. The summed E-state index contributed by atoms with van der Waals surface area (Å²) in [7, 11) is 0. The fraction of sp³-hybridized carbons (Fsp3) is 0. The Kier molecular flexibility index (Phi) is 70.5. The average molecular weight is 339 g/mol. The van der Waals surface area contributed by atoms with Crippen LogP contribution in [0.4, 0.5) is 0 Å². The van der Waals surface area contributed by atoms with Crippen LogP contribution in [0.2, 0.25) is 0 Å². The topological polar surface area (TPSA) is 137 Å². The van der Waals surface area contributed by atoms with E-state index in [4.69, 9.17) is 15.9 Å². The molecule has 0 bridgehead atoms. The SMILES string of the molecule is [Cu+2].[Cu+2].[Cu+2].[O-2].[O-2].[O]=[Cr](=[O])([O-])[O-]. The van der Waals surface area contributed by atoms with Crippen molar-refractivity contribution in [2.24, 2.45) is 0 Å². The summed E-state index contributed by atoms with van der Waals surface area (Å²) in [5, 5.41) is 0. The van der Waals surface area contributed by atoms with Crippen molar-refractivity contribution in [3.63, 3.8) is 0 Å². The molecule has 0 aromatic carbocycles. The summed E-state index contributed by atoms with van der Waals surface area (Å²) in [6.07, 6.45) is 0. The predicted octanol–water partition coefficient (Wildman–Crippen LogP) is -2.86. The van der Waals surface area contributed by atoms with Gasteiger partial charge in [-0.2, -0.15) is 0 Å². The summed E-state index contributed by atoms with van der Waals surface area (Å²) in [6, 6.07) is 0.